The zero-order valence-electron chi connectivity index (χ0n) is 12.4. The van der Waals surface area contributed by atoms with Gasteiger partial charge in [-0.15, -0.1) is 0 Å². The molecule has 5 heteroatoms. The lowest BCUT2D eigenvalue weighted by Gasteiger charge is -2.41. The summed E-state index contributed by atoms with van der Waals surface area (Å²) in [4.78, 5) is 13.9. The number of methoxy groups -OCH3 is 1. The first-order chi connectivity index (χ1) is 9.10. The van der Waals surface area contributed by atoms with Crippen molar-refractivity contribution in [2.75, 3.05) is 33.4 Å². The van der Waals surface area contributed by atoms with Crippen molar-refractivity contribution in [1.82, 2.24) is 10.2 Å². The van der Waals surface area contributed by atoms with Crippen molar-refractivity contribution in [3.63, 3.8) is 0 Å². The second-order valence-electron chi connectivity index (χ2n) is 5.47. The summed E-state index contributed by atoms with van der Waals surface area (Å²) in [5, 5.41) is 12.3. The maximum atomic E-state index is 11.4. The fraction of sp³-hybridized carbons (Fsp3) is 0.929. The third-order valence-electron chi connectivity index (χ3n) is 4.01. The molecule has 1 aliphatic rings. The van der Waals surface area contributed by atoms with Crippen molar-refractivity contribution in [2.45, 2.75) is 45.2 Å². The summed E-state index contributed by atoms with van der Waals surface area (Å²) in [6.45, 7) is 7.13. The smallest absolute Gasteiger partial charge is 0.305 e. The number of rotatable bonds is 7. The molecule has 3 atom stereocenters. The SMILES string of the molecule is CCC(C)N1CC(CC(=O)OC)CC(NCCO)C1. The normalized spacial score (nSPS) is 26.1. The Bertz CT molecular complexity index is 273. The lowest BCUT2D eigenvalue weighted by molar-refractivity contribution is -0.142. The van der Waals surface area contributed by atoms with E-state index in [1.54, 1.807) is 0 Å². The van der Waals surface area contributed by atoms with Gasteiger partial charge in [0.05, 0.1) is 13.7 Å². The zero-order valence-corrected chi connectivity index (χ0v) is 12.4. The second-order valence-corrected chi connectivity index (χ2v) is 5.47. The molecule has 2 N–H and O–H groups in total. The van der Waals surface area contributed by atoms with Crippen LogP contribution in [0.2, 0.25) is 0 Å². The highest BCUT2D eigenvalue weighted by molar-refractivity contribution is 5.69. The predicted molar refractivity (Wildman–Crippen MR) is 74.9 cm³/mol. The van der Waals surface area contributed by atoms with E-state index in [2.05, 4.69) is 24.1 Å². The average molecular weight is 272 g/mol. The molecular formula is C14H28N2O3. The minimum atomic E-state index is -0.128. The summed E-state index contributed by atoms with van der Waals surface area (Å²) in [6.07, 6.45) is 2.57. The van der Waals surface area contributed by atoms with Crippen molar-refractivity contribution in [3.05, 3.63) is 0 Å². The first-order valence-electron chi connectivity index (χ1n) is 7.25. The van der Waals surface area contributed by atoms with Gasteiger partial charge in [-0.2, -0.15) is 0 Å². The molecule has 112 valence electrons. The van der Waals surface area contributed by atoms with Crippen LogP contribution in [0.1, 0.15) is 33.1 Å². The van der Waals surface area contributed by atoms with Gasteiger partial charge in [0.25, 0.3) is 0 Å². The number of likely N-dealkylation sites (tertiary alicyclic amines) is 1. The maximum Gasteiger partial charge on any atom is 0.305 e. The molecule has 1 saturated heterocycles. The van der Waals surface area contributed by atoms with Gasteiger partial charge in [0, 0.05) is 38.1 Å². The third kappa shape index (κ3) is 5.47. The lowest BCUT2D eigenvalue weighted by Crippen LogP contribution is -2.52. The molecule has 0 bridgehead atoms. The van der Waals surface area contributed by atoms with Gasteiger partial charge in [-0.3, -0.25) is 9.69 Å². The van der Waals surface area contributed by atoms with E-state index in [0.717, 1.165) is 25.9 Å². The molecule has 5 nitrogen and oxygen atoms in total. The molecule has 0 radical (unpaired) electrons. The predicted octanol–water partition coefficient (Wildman–Crippen LogP) is 0.620. The number of carbonyl (C=O) groups excluding carboxylic acids is 1. The molecule has 1 fully saturated rings. The van der Waals surface area contributed by atoms with Gasteiger partial charge in [0.2, 0.25) is 0 Å². The van der Waals surface area contributed by atoms with E-state index >= 15 is 0 Å². The molecule has 0 saturated carbocycles. The standard InChI is InChI=1S/C14H28N2O3/c1-4-11(2)16-9-12(8-14(18)19-3)7-13(10-16)15-5-6-17/h11-13,15,17H,4-10H2,1-3H3. The molecule has 0 aromatic carbocycles. The van der Waals surface area contributed by atoms with Crippen molar-refractivity contribution in [1.29, 1.82) is 0 Å². The molecule has 1 aliphatic heterocycles. The van der Waals surface area contributed by atoms with Crippen LogP contribution in [0.3, 0.4) is 0 Å². The van der Waals surface area contributed by atoms with Crippen LogP contribution in [0.4, 0.5) is 0 Å². The van der Waals surface area contributed by atoms with Crippen molar-refractivity contribution in [3.8, 4) is 0 Å². The number of hydrogen-bond donors (Lipinski definition) is 2. The Morgan fingerprint density at radius 2 is 2.26 bits per heavy atom. The van der Waals surface area contributed by atoms with Gasteiger partial charge in [-0.05, 0) is 25.7 Å². The van der Waals surface area contributed by atoms with Gasteiger partial charge >= 0.3 is 5.97 Å². The van der Waals surface area contributed by atoms with Crippen LogP contribution in [0.15, 0.2) is 0 Å². The van der Waals surface area contributed by atoms with Crippen LogP contribution in [0.25, 0.3) is 0 Å². The molecule has 1 rings (SSSR count). The minimum absolute atomic E-state index is 0.128. The van der Waals surface area contributed by atoms with Crippen molar-refractivity contribution in [2.24, 2.45) is 5.92 Å². The second kappa shape index (κ2) is 8.51. The van der Waals surface area contributed by atoms with Gasteiger partial charge in [0.15, 0.2) is 0 Å². The zero-order chi connectivity index (χ0) is 14.3. The summed E-state index contributed by atoms with van der Waals surface area (Å²) < 4.78 is 4.77. The molecule has 0 amide bonds. The fourth-order valence-electron chi connectivity index (χ4n) is 2.74. The Hall–Kier alpha value is -0.650. The topological polar surface area (TPSA) is 61.8 Å². The van der Waals surface area contributed by atoms with E-state index in [4.69, 9.17) is 9.84 Å². The van der Waals surface area contributed by atoms with Gasteiger partial charge < -0.3 is 15.2 Å². The summed E-state index contributed by atoms with van der Waals surface area (Å²) in [5.41, 5.74) is 0. The summed E-state index contributed by atoms with van der Waals surface area (Å²) in [7, 11) is 1.44. The Morgan fingerprint density at radius 1 is 1.53 bits per heavy atom. The van der Waals surface area contributed by atoms with Gasteiger partial charge in [0.1, 0.15) is 0 Å². The Morgan fingerprint density at radius 3 is 2.84 bits per heavy atom. The first-order valence-corrected chi connectivity index (χ1v) is 7.25. The Balaban J connectivity index is 2.57. The van der Waals surface area contributed by atoms with Gasteiger partial charge in [-0.25, -0.2) is 0 Å². The number of aliphatic hydroxyl groups excluding tert-OH is 1. The fourth-order valence-corrected chi connectivity index (χ4v) is 2.74. The largest absolute Gasteiger partial charge is 0.469 e. The van der Waals surface area contributed by atoms with Gasteiger partial charge in [-0.1, -0.05) is 6.92 Å². The number of esters is 1. The van der Waals surface area contributed by atoms with E-state index in [0.29, 0.717) is 31.0 Å². The van der Waals surface area contributed by atoms with Crippen molar-refractivity contribution >= 4 is 5.97 Å². The first kappa shape index (κ1) is 16.4. The van der Waals surface area contributed by atoms with E-state index in [1.165, 1.54) is 7.11 Å². The third-order valence-corrected chi connectivity index (χ3v) is 4.01. The quantitative estimate of drug-likeness (QED) is 0.665. The van der Waals surface area contributed by atoms with Crippen LogP contribution in [-0.2, 0) is 9.53 Å². The average Bonchev–Trinajstić information content (AvgIpc) is 2.43. The molecule has 0 aromatic rings. The van der Waals surface area contributed by atoms with Crippen LogP contribution < -0.4 is 5.32 Å². The van der Waals surface area contributed by atoms with Crippen LogP contribution in [-0.4, -0.2) is 61.4 Å². The van der Waals surface area contributed by atoms with E-state index in [9.17, 15) is 4.79 Å². The molecule has 1 heterocycles. The number of nitrogens with one attached hydrogen (secondary N) is 1. The van der Waals surface area contributed by atoms with Crippen LogP contribution in [0.5, 0.6) is 0 Å². The monoisotopic (exact) mass is 272 g/mol. The molecule has 3 unspecified atom stereocenters. The minimum Gasteiger partial charge on any atom is -0.469 e. The van der Waals surface area contributed by atoms with Crippen molar-refractivity contribution < 1.29 is 14.6 Å². The molecular weight excluding hydrogens is 244 g/mol. The molecule has 0 aromatic heterocycles. The highest BCUT2D eigenvalue weighted by atomic mass is 16.5. The number of nitrogens with zero attached hydrogens (tertiary/aromatic N) is 1. The van der Waals surface area contributed by atoms with Crippen LogP contribution >= 0.6 is 0 Å². The van der Waals surface area contributed by atoms with E-state index < -0.39 is 0 Å². The molecule has 19 heavy (non-hydrogen) atoms. The summed E-state index contributed by atoms with van der Waals surface area (Å²) >= 11 is 0. The molecule has 0 aliphatic carbocycles. The highest BCUT2D eigenvalue weighted by Crippen LogP contribution is 2.23. The number of ether oxygens (including phenoxy) is 1. The van der Waals surface area contributed by atoms with E-state index in [1.807, 2.05) is 0 Å². The number of carbonyl (C=O) groups is 1. The number of hydrogen-bond acceptors (Lipinski definition) is 5. The van der Waals surface area contributed by atoms with E-state index in [-0.39, 0.29) is 12.6 Å². The lowest BCUT2D eigenvalue weighted by atomic mass is 9.90. The van der Waals surface area contributed by atoms with Crippen LogP contribution in [0, 0.1) is 5.92 Å². The Kier molecular flexibility index (Phi) is 7.34. The highest BCUT2D eigenvalue weighted by Gasteiger charge is 2.30. The maximum absolute atomic E-state index is 11.4. The Labute approximate surface area is 116 Å². The molecule has 0 spiro atoms. The number of aliphatic hydroxyl groups is 1. The summed E-state index contributed by atoms with van der Waals surface area (Å²) in [6, 6.07) is 0.878. The number of piperidine rings is 1. The summed E-state index contributed by atoms with van der Waals surface area (Å²) in [5.74, 6) is 0.211.